The Morgan fingerprint density at radius 1 is 1.38 bits per heavy atom. The molecule has 0 amide bonds. The minimum atomic E-state index is 0.506. The summed E-state index contributed by atoms with van der Waals surface area (Å²) in [5.41, 5.74) is 3.06. The van der Waals surface area contributed by atoms with Gasteiger partial charge in [-0.3, -0.25) is 9.78 Å². The fraction of sp³-hybridized carbons (Fsp3) is 0.438. The largest absolute Gasteiger partial charge is 0.342 e. The zero-order chi connectivity index (χ0) is 14.8. The lowest BCUT2D eigenvalue weighted by Crippen LogP contribution is -2.22. The number of pyridine rings is 1. The van der Waals surface area contributed by atoms with Crippen LogP contribution in [0, 0.1) is 6.92 Å². The number of carbonyl (C=O) groups excluding carboxylic acids is 1. The third kappa shape index (κ3) is 3.13. The molecule has 3 rings (SSSR count). The highest BCUT2D eigenvalue weighted by Crippen LogP contribution is 2.43. The van der Waals surface area contributed by atoms with E-state index in [1.807, 2.05) is 25.1 Å². The van der Waals surface area contributed by atoms with Crippen molar-refractivity contribution in [2.75, 3.05) is 11.4 Å². The number of anilines is 1. The average Bonchev–Trinajstić information content (AvgIpc) is 3.24. The zero-order valence-corrected chi connectivity index (χ0v) is 13.2. The van der Waals surface area contributed by atoms with Crippen molar-refractivity contribution in [2.45, 2.75) is 39.2 Å². The van der Waals surface area contributed by atoms with Crippen LogP contribution < -0.4 is 4.90 Å². The number of nitrogens with zero attached hydrogens (tertiary/aromatic N) is 3. The van der Waals surface area contributed by atoms with E-state index in [0.717, 1.165) is 59.3 Å². The van der Waals surface area contributed by atoms with Gasteiger partial charge in [0.1, 0.15) is 0 Å². The molecule has 1 aliphatic carbocycles. The monoisotopic (exact) mass is 301 g/mol. The molecule has 5 heteroatoms. The van der Waals surface area contributed by atoms with Crippen LogP contribution in [0.5, 0.6) is 0 Å². The van der Waals surface area contributed by atoms with Gasteiger partial charge in [-0.1, -0.05) is 17.4 Å². The van der Waals surface area contributed by atoms with E-state index in [1.165, 1.54) is 11.3 Å². The molecule has 110 valence electrons. The van der Waals surface area contributed by atoms with E-state index in [-0.39, 0.29) is 0 Å². The lowest BCUT2D eigenvalue weighted by Gasteiger charge is -2.19. The summed E-state index contributed by atoms with van der Waals surface area (Å²) in [5.74, 6) is 0.506. The summed E-state index contributed by atoms with van der Waals surface area (Å²) in [6.45, 7) is 5.69. The van der Waals surface area contributed by atoms with Crippen LogP contribution in [0.3, 0.4) is 0 Å². The van der Waals surface area contributed by atoms with Crippen LogP contribution in [0.4, 0.5) is 5.13 Å². The first-order valence-electron chi connectivity index (χ1n) is 7.34. The molecule has 2 aromatic rings. The second-order valence-electron chi connectivity index (χ2n) is 5.42. The highest BCUT2D eigenvalue weighted by molar-refractivity contribution is 7.17. The Morgan fingerprint density at radius 3 is 2.81 bits per heavy atom. The second-order valence-corrected chi connectivity index (χ2v) is 6.43. The molecule has 21 heavy (non-hydrogen) atoms. The summed E-state index contributed by atoms with van der Waals surface area (Å²) < 4.78 is 0. The number of rotatable bonds is 6. The first-order chi connectivity index (χ1) is 10.2. The van der Waals surface area contributed by atoms with Crippen molar-refractivity contribution >= 4 is 22.8 Å². The second kappa shape index (κ2) is 5.93. The lowest BCUT2D eigenvalue weighted by atomic mass is 10.3. The Kier molecular flexibility index (Phi) is 4.01. The molecule has 4 nitrogen and oxygen atoms in total. The maximum Gasteiger partial charge on any atom is 0.186 e. The van der Waals surface area contributed by atoms with Gasteiger partial charge in [0.2, 0.25) is 0 Å². The number of hydrogen-bond donors (Lipinski definition) is 0. The fourth-order valence-corrected chi connectivity index (χ4v) is 3.43. The van der Waals surface area contributed by atoms with E-state index in [1.54, 1.807) is 0 Å². The smallest absolute Gasteiger partial charge is 0.186 e. The number of hydrogen-bond acceptors (Lipinski definition) is 5. The van der Waals surface area contributed by atoms with Gasteiger partial charge in [-0.25, -0.2) is 4.98 Å². The Morgan fingerprint density at radius 2 is 2.19 bits per heavy atom. The molecule has 0 radical (unpaired) electrons. The van der Waals surface area contributed by atoms with Crippen LogP contribution in [-0.2, 0) is 6.54 Å². The number of thiazole rings is 1. The van der Waals surface area contributed by atoms with Gasteiger partial charge in [-0.05, 0) is 38.8 Å². The van der Waals surface area contributed by atoms with E-state index < -0.39 is 0 Å². The van der Waals surface area contributed by atoms with Gasteiger partial charge in [-0.2, -0.15) is 0 Å². The van der Waals surface area contributed by atoms with Crippen LogP contribution in [0.1, 0.15) is 52.4 Å². The molecule has 0 saturated heterocycles. The van der Waals surface area contributed by atoms with Crippen LogP contribution in [-0.4, -0.2) is 22.8 Å². The number of aryl methyl sites for hydroxylation is 1. The van der Waals surface area contributed by atoms with Gasteiger partial charge in [0.05, 0.1) is 22.8 Å². The van der Waals surface area contributed by atoms with Crippen molar-refractivity contribution in [3.8, 4) is 0 Å². The first-order valence-corrected chi connectivity index (χ1v) is 8.16. The van der Waals surface area contributed by atoms with Gasteiger partial charge < -0.3 is 4.90 Å². The maximum absolute atomic E-state index is 11.2. The fourth-order valence-electron chi connectivity index (χ4n) is 2.40. The lowest BCUT2D eigenvalue weighted by molar-refractivity contribution is 0.112. The van der Waals surface area contributed by atoms with Crippen molar-refractivity contribution in [3.05, 3.63) is 40.2 Å². The van der Waals surface area contributed by atoms with Crippen LogP contribution in [0.2, 0.25) is 0 Å². The Hall–Kier alpha value is -1.75. The molecule has 0 bridgehead atoms. The van der Waals surface area contributed by atoms with Gasteiger partial charge in [0.25, 0.3) is 0 Å². The minimum Gasteiger partial charge on any atom is -0.342 e. The third-order valence-electron chi connectivity index (χ3n) is 3.69. The predicted molar refractivity (Wildman–Crippen MR) is 85.2 cm³/mol. The molecule has 1 saturated carbocycles. The van der Waals surface area contributed by atoms with E-state index in [2.05, 4.69) is 16.8 Å². The van der Waals surface area contributed by atoms with Gasteiger partial charge in [0.15, 0.2) is 11.4 Å². The van der Waals surface area contributed by atoms with Crippen molar-refractivity contribution in [3.63, 3.8) is 0 Å². The Bertz CT molecular complexity index is 649. The van der Waals surface area contributed by atoms with Crippen molar-refractivity contribution < 1.29 is 4.79 Å². The molecule has 0 spiro atoms. The number of carbonyl (C=O) groups is 1. The minimum absolute atomic E-state index is 0.506. The standard InChI is InChI=1S/C16H19N3OS/c1-3-19(9-13-6-4-5-11(2)17-13)16-18-15(12-7-8-12)14(10-20)21-16/h4-6,10,12H,3,7-9H2,1-2H3. The molecule has 0 atom stereocenters. The summed E-state index contributed by atoms with van der Waals surface area (Å²) in [4.78, 5) is 23.5. The first kappa shape index (κ1) is 14.2. The summed E-state index contributed by atoms with van der Waals surface area (Å²) >= 11 is 1.50. The quantitative estimate of drug-likeness (QED) is 0.765. The normalized spacial score (nSPS) is 14.2. The van der Waals surface area contributed by atoms with Crippen molar-refractivity contribution in [1.29, 1.82) is 0 Å². The molecular weight excluding hydrogens is 282 g/mol. The predicted octanol–water partition coefficient (Wildman–Crippen LogP) is 3.56. The van der Waals surface area contributed by atoms with Gasteiger partial charge >= 0.3 is 0 Å². The Balaban J connectivity index is 1.84. The molecular formula is C16H19N3OS. The summed E-state index contributed by atoms with van der Waals surface area (Å²) in [5, 5.41) is 0.935. The van der Waals surface area contributed by atoms with Crippen molar-refractivity contribution in [1.82, 2.24) is 9.97 Å². The molecule has 2 aromatic heterocycles. The summed E-state index contributed by atoms with van der Waals surface area (Å²) in [6.07, 6.45) is 3.28. The Labute approximate surface area is 128 Å². The highest BCUT2D eigenvalue weighted by atomic mass is 32.1. The van der Waals surface area contributed by atoms with Crippen LogP contribution in [0.25, 0.3) is 0 Å². The van der Waals surface area contributed by atoms with Crippen LogP contribution in [0.15, 0.2) is 18.2 Å². The third-order valence-corrected chi connectivity index (χ3v) is 4.75. The molecule has 1 fully saturated rings. The molecule has 0 unspecified atom stereocenters. The average molecular weight is 301 g/mol. The molecule has 0 aliphatic heterocycles. The molecule has 0 N–H and O–H groups in total. The SMILES string of the molecule is CCN(Cc1cccc(C)n1)c1nc(C2CC2)c(C=O)s1. The van der Waals surface area contributed by atoms with Crippen molar-refractivity contribution in [2.24, 2.45) is 0 Å². The summed E-state index contributed by atoms with van der Waals surface area (Å²) in [7, 11) is 0. The zero-order valence-electron chi connectivity index (χ0n) is 12.4. The topological polar surface area (TPSA) is 46.1 Å². The van der Waals surface area contributed by atoms with Crippen LogP contribution >= 0.6 is 11.3 Å². The summed E-state index contributed by atoms with van der Waals surface area (Å²) in [6, 6.07) is 6.06. The highest BCUT2D eigenvalue weighted by Gasteiger charge is 2.30. The van der Waals surface area contributed by atoms with E-state index >= 15 is 0 Å². The van der Waals surface area contributed by atoms with E-state index in [4.69, 9.17) is 4.98 Å². The van der Waals surface area contributed by atoms with Gasteiger partial charge in [0, 0.05) is 18.2 Å². The molecule has 1 aliphatic rings. The maximum atomic E-state index is 11.2. The number of aromatic nitrogens is 2. The van der Waals surface area contributed by atoms with Gasteiger partial charge in [-0.15, -0.1) is 0 Å². The number of aldehydes is 1. The van der Waals surface area contributed by atoms with E-state index in [9.17, 15) is 4.79 Å². The molecule has 2 heterocycles. The molecule has 0 aromatic carbocycles. The van der Waals surface area contributed by atoms with E-state index in [0.29, 0.717) is 5.92 Å².